The van der Waals surface area contributed by atoms with Crippen LogP contribution in [0.1, 0.15) is 57.4 Å². The van der Waals surface area contributed by atoms with E-state index < -0.39 is 7.14 Å². The molecule has 3 aromatic carbocycles. The molecule has 0 N–H and O–H groups in total. The van der Waals surface area contributed by atoms with Crippen LogP contribution in [-0.2, 0) is 4.57 Å². The average molecular weight is 391 g/mol. The molecule has 3 aromatic rings. The first-order valence-electron chi connectivity index (χ1n) is 10.5. The minimum absolute atomic E-state index is 0.541. The van der Waals surface area contributed by atoms with Crippen molar-refractivity contribution in [3.05, 3.63) is 90.5 Å². The van der Waals surface area contributed by atoms with E-state index in [-0.39, 0.29) is 0 Å². The van der Waals surface area contributed by atoms with Crippen LogP contribution in [0.4, 0.5) is 0 Å². The van der Waals surface area contributed by atoms with Crippen molar-refractivity contribution < 1.29 is 4.57 Å². The smallest absolute Gasteiger partial charge is 0.171 e. The van der Waals surface area contributed by atoms with E-state index in [0.717, 1.165) is 15.9 Å². The lowest BCUT2D eigenvalue weighted by Gasteiger charge is -2.21. The second-order valence-electron chi connectivity index (χ2n) is 7.62. The molecule has 1 atom stereocenters. The fourth-order valence-electron chi connectivity index (χ4n) is 3.78. The van der Waals surface area contributed by atoms with Crippen LogP contribution < -0.4 is 15.9 Å². The molecule has 0 amide bonds. The average Bonchev–Trinajstić information content (AvgIpc) is 2.77. The van der Waals surface area contributed by atoms with Gasteiger partial charge in [-0.2, -0.15) is 0 Å². The van der Waals surface area contributed by atoms with Gasteiger partial charge in [0.25, 0.3) is 0 Å². The van der Waals surface area contributed by atoms with E-state index in [1.807, 2.05) is 60.7 Å². The maximum absolute atomic E-state index is 14.3. The third-order valence-corrected chi connectivity index (χ3v) is 8.63. The van der Waals surface area contributed by atoms with Crippen LogP contribution in [0.15, 0.2) is 84.9 Å². The number of benzene rings is 3. The van der Waals surface area contributed by atoms with Crippen LogP contribution in [0, 0.1) is 0 Å². The summed E-state index contributed by atoms with van der Waals surface area (Å²) in [5.41, 5.74) is 1.34. The Morgan fingerprint density at radius 2 is 1.18 bits per heavy atom. The van der Waals surface area contributed by atoms with Crippen LogP contribution in [0.25, 0.3) is 0 Å². The van der Waals surface area contributed by atoms with Gasteiger partial charge in [0.05, 0.1) is 0 Å². The van der Waals surface area contributed by atoms with Gasteiger partial charge in [0.15, 0.2) is 7.14 Å². The molecule has 0 radical (unpaired) electrons. The van der Waals surface area contributed by atoms with Crippen molar-refractivity contribution in [2.24, 2.45) is 0 Å². The molecule has 0 heterocycles. The van der Waals surface area contributed by atoms with Gasteiger partial charge >= 0.3 is 0 Å². The van der Waals surface area contributed by atoms with Crippen molar-refractivity contribution in [2.75, 3.05) is 0 Å². The lowest BCUT2D eigenvalue weighted by molar-refractivity contribution is 0.580. The minimum Gasteiger partial charge on any atom is -0.309 e. The molecule has 2 heteroatoms. The maximum Gasteiger partial charge on any atom is 0.171 e. The van der Waals surface area contributed by atoms with Crippen LogP contribution in [0.5, 0.6) is 0 Å². The zero-order valence-corrected chi connectivity index (χ0v) is 17.9. The maximum atomic E-state index is 14.3. The predicted molar refractivity (Wildman–Crippen MR) is 123 cm³/mol. The Hall–Kier alpha value is -2.11. The zero-order valence-electron chi connectivity index (χ0n) is 17.1. The Balaban J connectivity index is 1.89. The van der Waals surface area contributed by atoms with Crippen LogP contribution in [-0.4, -0.2) is 0 Å². The summed E-state index contributed by atoms with van der Waals surface area (Å²) in [7, 11) is -2.86. The van der Waals surface area contributed by atoms with Crippen molar-refractivity contribution in [3.8, 4) is 0 Å². The van der Waals surface area contributed by atoms with E-state index in [1.165, 1.54) is 37.7 Å². The van der Waals surface area contributed by atoms with Crippen molar-refractivity contribution in [2.45, 2.75) is 51.9 Å². The van der Waals surface area contributed by atoms with Gasteiger partial charge in [-0.1, -0.05) is 124 Å². The summed E-state index contributed by atoms with van der Waals surface area (Å²) < 4.78 is 14.3. The Kier molecular flexibility index (Phi) is 7.29. The molecule has 0 fully saturated rings. The van der Waals surface area contributed by atoms with E-state index in [0.29, 0.717) is 5.92 Å². The topological polar surface area (TPSA) is 17.1 Å². The molecule has 3 rings (SSSR count). The molecular weight excluding hydrogens is 359 g/mol. The fourth-order valence-corrected chi connectivity index (χ4v) is 6.43. The second kappa shape index (κ2) is 9.89. The molecule has 28 heavy (non-hydrogen) atoms. The highest BCUT2D eigenvalue weighted by Crippen LogP contribution is 2.42. The predicted octanol–water partition coefficient (Wildman–Crippen LogP) is 6.40. The zero-order chi connectivity index (χ0) is 19.8. The molecule has 0 spiro atoms. The molecule has 0 aliphatic heterocycles. The monoisotopic (exact) mass is 390 g/mol. The van der Waals surface area contributed by atoms with Gasteiger partial charge < -0.3 is 4.57 Å². The van der Waals surface area contributed by atoms with E-state index in [9.17, 15) is 4.57 Å². The highest BCUT2D eigenvalue weighted by atomic mass is 31.2. The number of rotatable bonds is 9. The van der Waals surface area contributed by atoms with E-state index in [2.05, 4.69) is 38.1 Å². The molecule has 1 nitrogen and oxygen atoms in total. The van der Waals surface area contributed by atoms with Gasteiger partial charge in [-0.25, -0.2) is 0 Å². The van der Waals surface area contributed by atoms with E-state index in [4.69, 9.17) is 0 Å². The lowest BCUT2D eigenvalue weighted by Crippen LogP contribution is -2.25. The molecule has 0 saturated heterocycles. The molecular formula is C26H31OP. The SMILES string of the molecule is CCCCCCC(C)c1ccc(P(=O)(c2ccccc2)c2ccccc2)cc1. The highest BCUT2D eigenvalue weighted by Gasteiger charge is 2.29. The van der Waals surface area contributed by atoms with E-state index >= 15 is 0 Å². The minimum atomic E-state index is -2.86. The Bertz CT molecular complexity index is 841. The largest absolute Gasteiger partial charge is 0.309 e. The summed E-state index contributed by atoms with van der Waals surface area (Å²) in [4.78, 5) is 0. The number of unbranched alkanes of at least 4 members (excludes halogenated alkanes) is 3. The first-order valence-corrected chi connectivity index (χ1v) is 12.2. The summed E-state index contributed by atoms with van der Waals surface area (Å²) in [6, 6.07) is 28.3. The van der Waals surface area contributed by atoms with Crippen molar-refractivity contribution in [3.63, 3.8) is 0 Å². The molecule has 0 saturated carbocycles. The van der Waals surface area contributed by atoms with Gasteiger partial charge in [0.1, 0.15) is 0 Å². The number of hydrogen-bond donors (Lipinski definition) is 0. The number of hydrogen-bond acceptors (Lipinski definition) is 1. The van der Waals surface area contributed by atoms with Crippen molar-refractivity contribution in [1.82, 2.24) is 0 Å². The Morgan fingerprint density at radius 1 is 0.679 bits per heavy atom. The summed E-state index contributed by atoms with van der Waals surface area (Å²) >= 11 is 0. The van der Waals surface area contributed by atoms with Crippen LogP contribution in [0.2, 0.25) is 0 Å². The van der Waals surface area contributed by atoms with Gasteiger partial charge in [0.2, 0.25) is 0 Å². The normalized spacial score (nSPS) is 12.6. The third-order valence-electron chi connectivity index (χ3n) is 5.56. The van der Waals surface area contributed by atoms with Crippen LogP contribution in [0.3, 0.4) is 0 Å². The van der Waals surface area contributed by atoms with Gasteiger partial charge in [-0.05, 0) is 17.9 Å². The third kappa shape index (κ3) is 4.65. The highest BCUT2D eigenvalue weighted by molar-refractivity contribution is 7.85. The Labute approximate surface area is 170 Å². The lowest BCUT2D eigenvalue weighted by atomic mass is 9.95. The molecule has 0 aliphatic carbocycles. The standard InChI is InChI=1S/C26H31OP/c1-3-4-5-8-13-22(2)23-18-20-26(21-19-23)28(27,24-14-9-6-10-15-24)25-16-11-7-12-17-25/h6-7,9-12,14-22H,3-5,8,13H2,1-2H3. The summed E-state index contributed by atoms with van der Waals surface area (Å²) in [6.07, 6.45) is 6.41. The first kappa shape index (κ1) is 20.6. The van der Waals surface area contributed by atoms with Gasteiger partial charge in [-0.15, -0.1) is 0 Å². The molecule has 0 aliphatic rings. The van der Waals surface area contributed by atoms with Crippen molar-refractivity contribution in [1.29, 1.82) is 0 Å². The summed E-state index contributed by atoms with van der Waals surface area (Å²) in [5.74, 6) is 0.541. The molecule has 0 bridgehead atoms. The summed E-state index contributed by atoms with van der Waals surface area (Å²) in [6.45, 7) is 4.55. The molecule has 146 valence electrons. The summed E-state index contributed by atoms with van der Waals surface area (Å²) in [5, 5.41) is 2.69. The molecule has 1 unspecified atom stereocenters. The van der Waals surface area contributed by atoms with Crippen molar-refractivity contribution >= 4 is 23.1 Å². The fraction of sp³-hybridized carbons (Fsp3) is 0.308. The quantitative estimate of drug-likeness (QED) is 0.305. The Morgan fingerprint density at radius 3 is 1.68 bits per heavy atom. The van der Waals surface area contributed by atoms with Crippen LogP contribution >= 0.6 is 7.14 Å². The van der Waals surface area contributed by atoms with Gasteiger partial charge in [-0.3, -0.25) is 0 Å². The first-order chi connectivity index (χ1) is 13.7. The van der Waals surface area contributed by atoms with Gasteiger partial charge in [0, 0.05) is 15.9 Å². The van der Waals surface area contributed by atoms with E-state index in [1.54, 1.807) is 0 Å². The second-order valence-corrected chi connectivity index (χ2v) is 10.4. The molecule has 0 aromatic heterocycles.